The van der Waals surface area contributed by atoms with Crippen molar-refractivity contribution in [1.82, 2.24) is 15.4 Å². The van der Waals surface area contributed by atoms with Crippen LogP contribution in [0.2, 0.25) is 0 Å². The molecule has 1 unspecified atom stereocenters. The summed E-state index contributed by atoms with van der Waals surface area (Å²) in [6.07, 6.45) is 5.15. The number of rotatable bonds is 4. The maximum absolute atomic E-state index is 11.2. The van der Waals surface area contributed by atoms with Crippen molar-refractivity contribution < 1.29 is 4.84 Å². The third-order valence-electron chi connectivity index (χ3n) is 3.75. The molecular formula is C14H19N3O2. The molecular weight excluding hydrogens is 242 g/mol. The van der Waals surface area contributed by atoms with Gasteiger partial charge in [-0.15, -0.1) is 0 Å². The van der Waals surface area contributed by atoms with Crippen molar-refractivity contribution in [2.75, 3.05) is 0 Å². The zero-order chi connectivity index (χ0) is 13.2. The molecule has 2 aromatic rings. The molecule has 0 spiro atoms. The molecule has 0 aliphatic heterocycles. The van der Waals surface area contributed by atoms with Crippen LogP contribution in [0.1, 0.15) is 44.2 Å². The van der Waals surface area contributed by atoms with Gasteiger partial charge in [0.05, 0.1) is 23.2 Å². The first-order valence-corrected chi connectivity index (χ1v) is 6.85. The first-order valence-electron chi connectivity index (χ1n) is 6.85. The lowest BCUT2D eigenvalue weighted by Crippen LogP contribution is -2.24. The molecule has 3 N–H and O–H groups in total. The molecule has 3 rings (SSSR count). The fourth-order valence-corrected chi connectivity index (χ4v) is 2.59. The number of hydrogen-bond acceptors (Lipinski definition) is 3. The number of hydrogen-bond donors (Lipinski definition) is 3. The Bertz CT molecular complexity index is 610. The fourth-order valence-electron chi connectivity index (χ4n) is 2.59. The lowest BCUT2D eigenvalue weighted by Gasteiger charge is -2.17. The van der Waals surface area contributed by atoms with Crippen molar-refractivity contribution in [1.29, 1.82) is 0 Å². The van der Waals surface area contributed by atoms with E-state index < -0.39 is 0 Å². The number of imidazole rings is 1. The average molecular weight is 261 g/mol. The van der Waals surface area contributed by atoms with Gasteiger partial charge in [-0.3, -0.25) is 4.84 Å². The highest BCUT2D eigenvalue weighted by Crippen LogP contribution is 2.22. The summed E-state index contributed by atoms with van der Waals surface area (Å²) in [6, 6.07) is 5.99. The third-order valence-corrected chi connectivity index (χ3v) is 3.75. The molecule has 1 saturated carbocycles. The van der Waals surface area contributed by atoms with Gasteiger partial charge in [-0.1, -0.05) is 18.9 Å². The smallest absolute Gasteiger partial charge is 0.306 e. The van der Waals surface area contributed by atoms with Crippen LogP contribution in [0.3, 0.4) is 0 Å². The van der Waals surface area contributed by atoms with E-state index in [2.05, 4.69) is 22.4 Å². The number of nitrogens with one attached hydrogen (secondary N) is 3. The Hall–Kier alpha value is -1.59. The van der Waals surface area contributed by atoms with Crippen LogP contribution in [-0.4, -0.2) is 16.1 Å². The minimum Gasteiger partial charge on any atom is -0.306 e. The zero-order valence-electron chi connectivity index (χ0n) is 11.0. The molecule has 102 valence electrons. The van der Waals surface area contributed by atoms with Crippen LogP contribution in [0.25, 0.3) is 11.0 Å². The molecule has 1 heterocycles. The van der Waals surface area contributed by atoms with Crippen LogP contribution in [0, 0.1) is 0 Å². The highest BCUT2D eigenvalue weighted by molar-refractivity contribution is 5.75. The predicted octanol–water partition coefficient (Wildman–Crippen LogP) is 2.38. The minimum atomic E-state index is -0.171. The van der Waals surface area contributed by atoms with Crippen LogP contribution in [0.4, 0.5) is 0 Å². The Labute approximate surface area is 111 Å². The van der Waals surface area contributed by atoms with E-state index in [1.54, 1.807) is 0 Å². The summed E-state index contributed by atoms with van der Waals surface area (Å²) in [5, 5.41) is 0. The van der Waals surface area contributed by atoms with E-state index in [1.165, 1.54) is 12.8 Å². The second kappa shape index (κ2) is 5.19. The Kier molecular flexibility index (Phi) is 3.40. The van der Waals surface area contributed by atoms with E-state index in [1.807, 2.05) is 18.2 Å². The lowest BCUT2D eigenvalue weighted by atomic mass is 10.1. The van der Waals surface area contributed by atoms with E-state index in [-0.39, 0.29) is 11.7 Å². The molecule has 0 saturated heterocycles. The van der Waals surface area contributed by atoms with Crippen molar-refractivity contribution in [2.45, 2.75) is 44.8 Å². The summed E-state index contributed by atoms with van der Waals surface area (Å²) in [4.78, 5) is 22.4. The Morgan fingerprint density at radius 2 is 2.00 bits per heavy atom. The van der Waals surface area contributed by atoms with Gasteiger partial charge in [-0.05, 0) is 37.5 Å². The van der Waals surface area contributed by atoms with E-state index >= 15 is 0 Å². The van der Waals surface area contributed by atoms with Crippen molar-refractivity contribution in [3.63, 3.8) is 0 Å². The molecule has 1 atom stereocenters. The van der Waals surface area contributed by atoms with Gasteiger partial charge in [0, 0.05) is 0 Å². The van der Waals surface area contributed by atoms with Crippen molar-refractivity contribution in [3.05, 3.63) is 34.2 Å². The highest BCUT2D eigenvalue weighted by Gasteiger charge is 2.17. The van der Waals surface area contributed by atoms with Gasteiger partial charge >= 0.3 is 5.69 Å². The molecule has 0 bridgehead atoms. The first-order chi connectivity index (χ1) is 9.22. The second-order valence-corrected chi connectivity index (χ2v) is 5.25. The Morgan fingerprint density at radius 1 is 1.26 bits per heavy atom. The summed E-state index contributed by atoms with van der Waals surface area (Å²) in [5.41, 5.74) is 5.70. The molecule has 0 radical (unpaired) electrons. The SMILES string of the molecule is CC(NOC1CCCC1)c1ccc2[nH]c(=O)[nH]c2c1. The second-order valence-electron chi connectivity index (χ2n) is 5.25. The molecule has 1 aliphatic rings. The van der Waals surface area contributed by atoms with Crippen LogP contribution in [0.5, 0.6) is 0 Å². The molecule has 0 amide bonds. The van der Waals surface area contributed by atoms with Crippen LogP contribution >= 0.6 is 0 Å². The van der Waals surface area contributed by atoms with Gasteiger partial charge in [-0.2, -0.15) is 5.48 Å². The molecule has 1 aromatic carbocycles. The van der Waals surface area contributed by atoms with Gasteiger partial charge in [0.1, 0.15) is 0 Å². The van der Waals surface area contributed by atoms with Gasteiger partial charge in [0.2, 0.25) is 0 Å². The Balaban J connectivity index is 1.69. The van der Waals surface area contributed by atoms with Crippen LogP contribution < -0.4 is 11.2 Å². The average Bonchev–Trinajstić information content (AvgIpc) is 3.02. The highest BCUT2D eigenvalue weighted by atomic mass is 16.7. The van der Waals surface area contributed by atoms with Crippen molar-refractivity contribution in [3.8, 4) is 0 Å². The van der Waals surface area contributed by atoms with E-state index in [9.17, 15) is 4.79 Å². The fraction of sp³-hybridized carbons (Fsp3) is 0.500. The lowest BCUT2D eigenvalue weighted by molar-refractivity contribution is -0.0376. The van der Waals surface area contributed by atoms with Gasteiger partial charge in [0.25, 0.3) is 0 Å². The maximum Gasteiger partial charge on any atom is 0.323 e. The zero-order valence-corrected chi connectivity index (χ0v) is 11.0. The third kappa shape index (κ3) is 2.72. The largest absolute Gasteiger partial charge is 0.323 e. The number of fused-ring (bicyclic) bond motifs is 1. The minimum absolute atomic E-state index is 0.100. The summed E-state index contributed by atoms with van der Waals surface area (Å²) in [5.74, 6) is 0. The standard InChI is InChI=1S/C14H19N3O2/c1-9(17-19-11-4-2-3-5-11)10-6-7-12-13(8-10)16-14(18)15-12/h6-9,11,17H,2-5H2,1H3,(H2,15,16,18). The quantitative estimate of drug-likeness (QED) is 0.740. The summed E-state index contributed by atoms with van der Waals surface area (Å²) in [7, 11) is 0. The number of benzene rings is 1. The van der Waals surface area contributed by atoms with Gasteiger partial charge < -0.3 is 9.97 Å². The van der Waals surface area contributed by atoms with Gasteiger partial charge in [0.15, 0.2) is 0 Å². The molecule has 5 heteroatoms. The molecule has 5 nitrogen and oxygen atoms in total. The normalized spacial score (nSPS) is 18.2. The number of aromatic nitrogens is 2. The molecule has 1 fully saturated rings. The number of aromatic amines is 2. The summed E-state index contributed by atoms with van der Waals surface area (Å²) < 4.78 is 0. The number of H-pyrrole nitrogens is 2. The van der Waals surface area contributed by atoms with E-state index in [4.69, 9.17) is 4.84 Å². The van der Waals surface area contributed by atoms with E-state index in [0.29, 0.717) is 6.10 Å². The van der Waals surface area contributed by atoms with Crippen LogP contribution in [0.15, 0.2) is 23.0 Å². The Morgan fingerprint density at radius 3 is 2.79 bits per heavy atom. The maximum atomic E-state index is 11.2. The topological polar surface area (TPSA) is 69.9 Å². The van der Waals surface area contributed by atoms with E-state index in [0.717, 1.165) is 29.4 Å². The van der Waals surface area contributed by atoms with Crippen molar-refractivity contribution >= 4 is 11.0 Å². The molecule has 1 aromatic heterocycles. The molecule has 19 heavy (non-hydrogen) atoms. The number of hydroxylamine groups is 1. The summed E-state index contributed by atoms with van der Waals surface area (Å²) >= 11 is 0. The summed E-state index contributed by atoms with van der Waals surface area (Å²) in [6.45, 7) is 2.06. The van der Waals surface area contributed by atoms with Gasteiger partial charge in [-0.25, -0.2) is 4.79 Å². The first kappa shape index (κ1) is 12.4. The van der Waals surface area contributed by atoms with Crippen molar-refractivity contribution in [2.24, 2.45) is 0 Å². The molecule has 1 aliphatic carbocycles. The predicted molar refractivity (Wildman–Crippen MR) is 73.8 cm³/mol. The monoisotopic (exact) mass is 261 g/mol. The van der Waals surface area contributed by atoms with Crippen LogP contribution in [-0.2, 0) is 4.84 Å².